The largest absolute Gasteiger partial charge is 0.448 e. The van der Waals surface area contributed by atoms with Gasteiger partial charge in [-0.3, -0.25) is 9.69 Å². The maximum Gasteiger partial charge on any atom is 0.356 e. The Morgan fingerprint density at radius 3 is 2.22 bits per heavy atom. The van der Waals surface area contributed by atoms with Gasteiger partial charge in [-0.25, -0.2) is 4.79 Å². The van der Waals surface area contributed by atoms with Crippen LogP contribution in [-0.2, 0) is 19.1 Å². The molecule has 6 nitrogen and oxygen atoms in total. The maximum absolute atomic E-state index is 13.0. The van der Waals surface area contributed by atoms with E-state index in [1.54, 1.807) is 6.92 Å². The lowest BCUT2D eigenvalue weighted by Gasteiger charge is -2.48. The van der Waals surface area contributed by atoms with Gasteiger partial charge in [-0.1, -0.05) is 60.7 Å². The van der Waals surface area contributed by atoms with E-state index in [0.29, 0.717) is 5.57 Å². The van der Waals surface area contributed by atoms with Crippen LogP contribution in [0.25, 0.3) is 0 Å². The number of carbonyl (C=O) groups excluding carboxylic acids is 2. The fourth-order valence-electron chi connectivity index (χ4n) is 3.41. The van der Waals surface area contributed by atoms with Crippen molar-refractivity contribution in [2.45, 2.75) is 25.3 Å². The molecule has 2 N–H and O–H groups in total. The van der Waals surface area contributed by atoms with Gasteiger partial charge in [-0.2, -0.15) is 0 Å². The van der Waals surface area contributed by atoms with Crippen LogP contribution in [0.4, 0.5) is 0 Å². The summed E-state index contributed by atoms with van der Waals surface area (Å²) in [5, 5.41) is 0. The summed E-state index contributed by atoms with van der Waals surface area (Å²) in [4.78, 5) is 26.5. The average Bonchev–Trinajstić information content (AvgIpc) is 2.72. The van der Waals surface area contributed by atoms with Crippen LogP contribution in [0.3, 0.4) is 0 Å². The summed E-state index contributed by atoms with van der Waals surface area (Å²) < 4.78 is 11.4. The zero-order valence-corrected chi connectivity index (χ0v) is 14.9. The molecular formula is C21H20N2O4. The van der Waals surface area contributed by atoms with Crippen LogP contribution < -0.4 is 5.73 Å². The number of nitrogens with two attached hydrogens (primary N) is 1. The summed E-state index contributed by atoms with van der Waals surface area (Å²) in [5.74, 6) is -0.888. The standard InChI is InChI=1S/C21H20N2O4/c1-13-12-26-20-16(22)19(24)23(20)17(13)21(25)27-18(14-8-4-2-5-9-14)15-10-6-3-7-11-15/h2-11,16,18,20H,12,22H2,1H3. The van der Waals surface area contributed by atoms with E-state index < -0.39 is 24.3 Å². The number of benzene rings is 2. The number of β-lactam (4-membered cyclic amide) rings is 1. The number of esters is 1. The predicted molar refractivity (Wildman–Crippen MR) is 98.1 cm³/mol. The number of carbonyl (C=O) groups is 2. The Morgan fingerprint density at radius 2 is 1.67 bits per heavy atom. The van der Waals surface area contributed by atoms with Crippen LogP contribution in [0, 0.1) is 0 Å². The Kier molecular flexibility index (Phi) is 4.51. The molecule has 0 radical (unpaired) electrons. The van der Waals surface area contributed by atoms with Crippen LogP contribution in [0.5, 0.6) is 0 Å². The number of nitrogens with zero attached hydrogens (tertiary/aromatic N) is 1. The molecule has 0 bridgehead atoms. The molecule has 27 heavy (non-hydrogen) atoms. The molecule has 1 saturated heterocycles. The van der Waals surface area contributed by atoms with E-state index in [-0.39, 0.29) is 18.2 Å². The number of hydrogen-bond acceptors (Lipinski definition) is 5. The molecule has 0 aromatic heterocycles. The topological polar surface area (TPSA) is 81.9 Å². The minimum Gasteiger partial charge on any atom is -0.448 e. The van der Waals surface area contributed by atoms with E-state index in [4.69, 9.17) is 15.2 Å². The van der Waals surface area contributed by atoms with Gasteiger partial charge in [0, 0.05) is 0 Å². The number of hydrogen-bond donors (Lipinski definition) is 1. The second kappa shape index (κ2) is 6.98. The minimum absolute atomic E-state index is 0.231. The van der Waals surface area contributed by atoms with Crippen molar-refractivity contribution in [1.29, 1.82) is 0 Å². The highest BCUT2D eigenvalue weighted by Gasteiger charge is 2.52. The summed E-state index contributed by atoms with van der Waals surface area (Å²) in [7, 11) is 0. The third-order valence-electron chi connectivity index (χ3n) is 4.82. The second-order valence-corrected chi connectivity index (χ2v) is 6.67. The summed E-state index contributed by atoms with van der Waals surface area (Å²) in [6, 6.07) is 18.3. The lowest BCUT2D eigenvalue weighted by Crippen LogP contribution is -2.71. The quantitative estimate of drug-likeness (QED) is 0.664. The molecular weight excluding hydrogens is 344 g/mol. The molecule has 6 heteroatoms. The van der Waals surface area contributed by atoms with Crippen LogP contribution in [-0.4, -0.2) is 35.7 Å². The molecule has 1 fully saturated rings. The Morgan fingerprint density at radius 1 is 1.11 bits per heavy atom. The lowest BCUT2D eigenvalue weighted by atomic mass is 9.99. The average molecular weight is 364 g/mol. The first-order chi connectivity index (χ1) is 13.1. The number of rotatable bonds is 4. The molecule has 2 atom stereocenters. The third-order valence-corrected chi connectivity index (χ3v) is 4.82. The molecule has 2 heterocycles. The first kappa shape index (κ1) is 17.5. The van der Waals surface area contributed by atoms with Gasteiger partial charge in [0.25, 0.3) is 5.91 Å². The van der Waals surface area contributed by atoms with Crippen molar-refractivity contribution < 1.29 is 19.1 Å². The van der Waals surface area contributed by atoms with Crippen molar-refractivity contribution in [1.82, 2.24) is 4.90 Å². The van der Waals surface area contributed by atoms with Gasteiger partial charge in [0.05, 0.1) is 6.61 Å². The van der Waals surface area contributed by atoms with Crippen LogP contribution in [0.2, 0.25) is 0 Å². The lowest BCUT2D eigenvalue weighted by molar-refractivity contribution is -0.182. The van der Waals surface area contributed by atoms with E-state index in [1.807, 2.05) is 60.7 Å². The first-order valence-corrected chi connectivity index (χ1v) is 8.79. The van der Waals surface area contributed by atoms with Crippen molar-refractivity contribution >= 4 is 11.9 Å². The highest BCUT2D eigenvalue weighted by molar-refractivity contribution is 6.00. The zero-order chi connectivity index (χ0) is 19.0. The third kappa shape index (κ3) is 3.03. The Hall–Kier alpha value is -2.96. The summed E-state index contributed by atoms with van der Waals surface area (Å²) in [6.45, 7) is 2.00. The van der Waals surface area contributed by atoms with Crippen molar-refractivity contribution in [3.05, 3.63) is 83.1 Å². The highest BCUT2D eigenvalue weighted by atomic mass is 16.6. The Balaban J connectivity index is 1.65. The van der Waals surface area contributed by atoms with Gasteiger partial charge in [-0.15, -0.1) is 0 Å². The molecule has 0 spiro atoms. The molecule has 0 aliphatic carbocycles. The first-order valence-electron chi connectivity index (χ1n) is 8.79. The van der Waals surface area contributed by atoms with Crippen LogP contribution in [0.15, 0.2) is 71.9 Å². The van der Waals surface area contributed by atoms with Crippen molar-refractivity contribution in [2.75, 3.05) is 6.61 Å². The fourth-order valence-corrected chi connectivity index (χ4v) is 3.41. The van der Waals surface area contributed by atoms with E-state index in [9.17, 15) is 9.59 Å². The molecule has 1 amide bonds. The van der Waals surface area contributed by atoms with Gasteiger partial charge < -0.3 is 15.2 Å². The van der Waals surface area contributed by atoms with Gasteiger partial charge in [0.2, 0.25) is 0 Å². The minimum atomic E-state index is -0.736. The van der Waals surface area contributed by atoms with E-state index in [1.165, 1.54) is 4.90 Å². The normalized spacial score (nSPS) is 21.7. The van der Waals surface area contributed by atoms with Gasteiger partial charge in [0.1, 0.15) is 11.7 Å². The van der Waals surface area contributed by atoms with Crippen LogP contribution in [0.1, 0.15) is 24.2 Å². The number of amides is 1. The van der Waals surface area contributed by atoms with Gasteiger partial charge in [0.15, 0.2) is 12.3 Å². The molecule has 138 valence electrons. The molecule has 2 unspecified atom stereocenters. The van der Waals surface area contributed by atoms with Crippen molar-refractivity contribution in [3.63, 3.8) is 0 Å². The van der Waals surface area contributed by atoms with Crippen molar-refractivity contribution in [2.24, 2.45) is 5.73 Å². The van der Waals surface area contributed by atoms with Gasteiger partial charge in [-0.05, 0) is 23.6 Å². The van der Waals surface area contributed by atoms with Crippen molar-refractivity contribution in [3.8, 4) is 0 Å². The number of ether oxygens (including phenoxy) is 2. The van der Waals surface area contributed by atoms with E-state index in [0.717, 1.165) is 11.1 Å². The Labute approximate surface area is 157 Å². The number of fused-ring (bicyclic) bond motifs is 1. The monoisotopic (exact) mass is 364 g/mol. The smallest absolute Gasteiger partial charge is 0.356 e. The fraction of sp³-hybridized carbons (Fsp3) is 0.238. The maximum atomic E-state index is 13.0. The molecule has 2 aromatic carbocycles. The summed E-state index contributed by atoms with van der Waals surface area (Å²) in [5.41, 5.74) is 8.36. The predicted octanol–water partition coefficient (Wildman–Crippen LogP) is 2.12. The van der Waals surface area contributed by atoms with Gasteiger partial charge >= 0.3 is 5.97 Å². The molecule has 0 saturated carbocycles. The van der Waals surface area contributed by atoms with Crippen LogP contribution >= 0.6 is 0 Å². The molecule has 2 aliphatic heterocycles. The molecule has 2 aliphatic rings. The highest BCUT2D eigenvalue weighted by Crippen LogP contribution is 2.34. The summed E-state index contributed by atoms with van der Waals surface area (Å²) >= 11 is 0. The second-order valence-electron chi connectivity index (χ2n) is 6.67. The van der Waals surface area contributed by atoms with E-state index in [2.05, 4.69) is 0 Å². The molecule has 4 rings (SSSR count). The molecule has 2 aromatic rings. The Bertz CT molecular complexity index is 855. The SMILES string of the molecule is CC1=C(C(=O)OC(c2ccccc2)c2ccccc2)N2C(=O)C(N)C2OC1. The van der Waals surface area contributed by atoms with E-state index >= 15 is 0 Å². The summed E-state index contributed by atoms with van der Waals surface area (Å²) in [6.07, 6.45) is -1.18. The zero-order valence-electron chi connectivity index (χ0n) is 14.9.